The number of H-pyrrole nitrogens is 1. The van der Waals surface area contributed by atoms with Gasteiger partial charge in [-0.2, -0.15) is 9.50 Å². The summed E-state index contributed by atoms with van der Waals surface area (Å²) < 4.78 is 12.3. The zero-order valence-electron chi connectivity index (χ0n) is 18.4. The monoisotopic (exact) mass is 479 g/mol. The molecule has 0 radical (unpaired) electrons. The van der Waals surface area contributed by atoms with Crippen LogP contribution in [0.5, 0.6) is 5.75 Å². The lowest BCUT2D eigenvalue weighted by molar-refractivity contribution is -0.0978. The number of carbonyl (C=O) groups excluding carboxylic acids is 1. The molecule has 1 saturated heterocycles. The summed E-state index contributed by atoms with van der Waals surface area (Å²) in [7, 11) is 0. The lowest BCUT2D eigenvalue weighted by atomic mass is 9.88. The molecule has 5 rings (SSSR count). The highest BCUT2D eigenvalue weighted by Gasteiger charge is 2.34. The largest absolute Gasteiger partial charge is 0.486 e. The minimum absolute atomic E-state index is 0.00540. The third kappa shape index (κ3) is 4.40. The fourth-order valence-corrected chi connectivity index (χ4v) is 3.91. The van der Waals surface area contributed by atoms with Crippen molar-refractivity contribution in [3.8, 4) is 17.1 Å². The highest BCUT2D eigenvalue weighted by molar-refractivity contribution is 6.34. The molecule has 0 atom stereocenters. The van der Waals surface area contributed by atoms with E-state index in [4.69, 9.17) is 21.1 Å². The number of nitrogens with one attached hydrogen (secondary N) is 2. The van der Waals surface area contributed by atoms with Crippen molar-refractivity contribution in [2.24, 2.45) is 5.41 Å². The molecule has 1 fully saturated rings. The summed E-state index contributed by atoms with van der Waals surface area (Å²) >= 11 is 6.32. The van der Waals surface area contributed by atoms with Gasteiger partial charge in [-0.15, -0.1) is 5.10 Å². The molecule has 1 aliphatic heterocycles. The molecule has 1 amide bonds. The molecule has 9 nitrogen and oxygen atoms in total. The fourth-order valence-electron chi connectivity index (χ4n) is 3.66. The van der Waals surface area contributed by atoms with Crippen molar-refractivity contribution in [3.05, 3.63) is 81.2 Å². The summed E-state index contributed by atoms with van der Waals surface area (Å²) in [6.07, 6.45) is 0. The van der Waals surface area contributed by atoms with Gasteiger partial charge in [-0.05, 0) is 12.1 Å². The standard InChI is InChI=1S/C24H22ClN5O4/c1-24(13-33-14-24)12-26-22(32)20-17(25)8-5-9-18(20)34-11-16-10-19(31)30-23(27-16)28-21(29-30)15-6-3-2-4-7-15/h2-10H,11-14H2,1H3,(H,26,32)(H,27,28,29). The first-order valence-corrected chi connectivity index (χ1v) is 11.1. The Morgan fingerprint density at radius 1 is 1.24 bits per heavy atom. The molecule has 1 aliphatic rings. The van der Waals surface area contributed by atoms with Crippen LogP contribution in [-0.2, 0) is 11.3 Å². The molecule has 4 aromatic rings. The van der Waals surface area contributed by atoms with Crippen molar-refractivity contribution in [1.82, 2.24) is 24.9 Å². The zero-order valence-corrected chi connectivity index (χ0v) is 19.1. The average molecular weight is 480 g/mol. The van der Waals surface area contributed by atoms with Crippen LogP contribution >= 0.6 is 11.6 Å². The van der Waals surface area contributed by atoms with E-state index in [1.807, 2.05) is 37.3 Å². The number of aromatic nitrogens is 4. The molecule has 3 heterocycles. The van der Waals surface area contributed by atoms with Gasteiger partial charge in [0.15, 0.2) is 5.82 Å². The highest BCUT2D eigenvalue weighted by Crippen LogP contribution is 2.29. The Bertz CT molecular complexity index is 1410. The molecule has 0 aliphatic carbocycles. The van der Waals surface area contributed by atoms with Gasteiger partial charge in [0, 0.05) is 23.6 Å². The molecule has 0 saturated carbocycles. The first kappa shape index (κ1) is 22.1. The Balaban J connectivity index is 1.35. The van der Waals surface area contributed by atoms with Gasteiger partial charge in [-0.25, -0.2) is 0 Å². The second-order valence-electron chi connectivity index (χ2n) is 8.56. The maximum atomic E-state index is 12.9. The van der Waals surface area contributed by atoms with E-state index in [0.29, 0.717) is 42.8 Å². The lowest BCUT2D eigenvalue weighted by Crippen LogP contribution is -2.48. The van der Waals surface area contributed by atoms with Gasteiger partial charge in [0.05, 0.1) is 29.5 Å². The van der Waals surface area contributed by atoms with E-state index in [9.17, 15) is 9.59 Å². The van der Waals surface area contributed by atoms with Crippen molar-refractivity contribution >= 4 is 23.3 Å². The van der Waals surface area contributed by atoms with Crippen molar-refractivity contribution in [2.75, 3.05) is 19.8 Å². The molecule has 2 aromatic heterocycles. The van der Waals surface area contributed by atoms with Crippen molar-refractivity contribution in [1.29, 1.82) is 0 Å². The van der Waals surface area contributed by atoms with E-state index in [1.54, 1.807) is 18.2 Å². The maximum absolute atomic E-state index is 12.9. The Morgan fingerprint density at radius 2 is 2.03 bits per heavy atom. The van der Waals surface area contributed by atoms with Gasteiger partial charge in [0.25, 0.3) is 11.5 Å². The molecule has 10 heteroatoms. The number of hydrogen-bond acceptors (Lipinski definition) is 6. The van der Waals surface area contributed by atoms with Crippen LogP contribution in [0.15, 0.2) is 59.4 Å². The number of ether oxygens (including phenoxy) is 2. The van der Waals surface area contributed by atoms with Crippen molar-refractivity contribution < 1.29 is 14.3 Å². The highest BCUT2D eigenvalue weighted by atomic mass is 35.5. The quantitative estimate of drug-likeness (QED) is 0.421. The summed E-state index contributed by atoms with van der Waals surface area (Å²) in [5.74, 6) is 0.714. The number of carbonyl (C=O) groups is 1. The van der Waals surface area contributed by atoms with E-state index in [2.05, 4.69) is 20.4 Å². The van der Waals surface area contributed by atoms with Crippen LogP contribution in [0, 0.1) is 5.41 Å². The van der Waals surface area contributed by atoms with Gasteiger partial charge in [0.2, 0.25) is 5.78 Å². The number of rotatable bonds is 7. The van der Waals surface area contributed by atoms with Crippen LogP contribution in [0.3, 0.4) is 0 Å². The van der Waals surface area contributed by atoms with Crippen LogP contribution in [0.2, 0.25) is 5.02 Å². The smallest absolute Gasteiger partial charge is 0.276 e. The normalized spacial score (nSPS) is 14.5. The Hall–Kier alpha value is -3.69. The minimum Gasteiger partial charge on any atom is -0.486 e. The summed E-state index contributed by atoms with van der Waals surface area (Å²) in [6, 6.07) is 15.8. The number of aromatic amines is 1. The molecular weight excluding hydrogens is 458 g/mol. The van der Waals surface area contributed by atoms with E-state index >= 15 is 0 Å². The van der Waals surface area contributed by atoms with Crippen molar-refractivity contribution in [3.63, 3.8) is 0 Å². The van der Waals surface area contributed by atoms with Crippen LogP contribution in [0.1, 0.15) is 23.0 Å². The molecule has 0 spiro atoms. The van der Waals surface area contributed by atoms with E-state index in [1.165, 1.54) is 10.6 Å². The third-order valence-electron chi connectivity index (χ3n) is 5.58. The molecular formula is C24H22ClN5O4. The molecule has 34 heavy (non-hydrogen) atoms. The second-order valence-corrected chi connectivity index (χ2v) is 8.96. The fraction of sp³-hybridized carbons (Fsp3) is 0.250. The Labute approximate surface area is 199 Å². The Morgan fingerprint density at radius 3 is 2.76 bits per heavy atom. The van der Waals surface area contributed by atoms with Gasteiger partial charge < -0.3 is 19.8 Å². The van der Waals surface area contributed by atoms with E-state index < -0.39 is 0 Å². The van der Waals surface area contributed by atoms with Crippen LogP contribution < -0.4 is 15.6 Å². The van der Waals surface area contributed by atoms with Gasteiger partial charge >= 0.3 is 0 Å². The predicted octanol–water partition coefficient (Wildman–Crippen LogP) is 3.08. The number of amides is 1. The summed E-state index contributed by atoms with van der Waals surface area (Å²) in [5, 5.41) is 7.47. The van der Waals surface area contributed by atoms with Crippen LogP contribution in [0.4, 0.5) is 0 Å². The van der Waals surface area contributed by atoms with Gasteiger partial charge in [-0.1, -0.05) is 54.9 Å². The number of benzene rings is 2. The first-order valence-electron chi connectivity index (χ1n) is 10.7. The summed E-state index contributed by atoms with van der Waals surface area (Å²) in [6.45, 7) is 3.72. The van der Waals surface area contributed by atoms with Crippen LogP contribution in [0.25, 0.3) is 17.2 Å². The topological polar surface area (TPSA) is 111 Å². The maximum Gasteiger partial charge on any atom is 0.276 e. The van der Waals surface area contributed by atoms with Gasteiger partial charge in [0.1, 0.15) is 12.4 Å². The number of nitrogens with zero attached hydrogens (tertiary/aromatic N) is 3. The van der Waals surface area contributed by atoms with E-state index in [-0.39, 0.29) is 34.1 Å². The van der Waals surface area contributed by atoms with Gasteiger partial charge in [-0.3, -0.25) is 9.59 Å². The lowest BCUT2D eigenvalue weighted by Gasteiger charge is -2.38. The molecule has 2 N–H and O–H groups in total. The Kier molecular flexibility index (Phi) is 5.80. The SMILES string of the molecule is CC1(CNC(=O)c2c(Cl)cccc2OCc2cc(=O)n3nc(-c4ccccc4)nc3[nH]2)COC1. The summed E-state index contributed by atoms with van der Waals surface area (Å²) in [4.78, 5) is 32.9. The predicted molar refractivity (Wildman–Crippen MR) is 126 cm³/mol. The average Bonchev–Trinajstić information content (AvgIpc) is 3.25. The number of hydrogen-bond donors (Lipinski definition) is 2. The second kappa shape index (κ2) is 8.92. The molecule has 174 valence electrons. The third-order valence-corrected chi connectivity index (χ3v) is 5.90. The van der Waals surface area contributed by atoms with Crippen LogP contribution in [-0.4, -0.2) is 45.2 Å². The molecule has 2 aromatic carbocycles. The minimum atomic E-state index is -0.345. The molecule has 0 unspecified atom stereocenters. The van der Waals surface area contributed by atoms with E-state index in [0.717, 1.165) is 5.56 Å². The zero-order chi connectivity index (χ0) is 23.7. The first-order chi connectivity index (χ1) is 16.4. The number of halogens is 1. The number of fused-ring (bicyclic) bond motifs is 1. The summed E-state index contributed by atoms with van der Waals surface area (Å²) in [5.41, 5.74) is 1.10. The van der Waals surface area contributed by atoms with Crippen molar-refractivity contribution in [2.45, 2.75) is 13.5 Å². The molecule has 0 bridgehead atoms.